The number of rotatable bonds is 2. The van der Waals surface area contributed by atoms with Crippen LogP contribution in [0.1, 0.15) is 0 Å². The molecular weight excluding hydrogens is 530 g/mol. The van der Waals surface area contributed by atoms with Crippen LogP contribution in [-0.2, 0) is 0 Å². The van der Waals surface area contributed by atoms with Crippen molar-refractivity contribution in [2.75, 3.05) is 0 Å². The van der Waals surface area contributed by atoms with Gasteiger partial charge in [-0.2, -0.15) is 0 Å². The van der Waals surface area contributed by atoms with E-state index in [9.17, 15) is 0 Å². The van der Waals surface area contributed by atoms with E-state index in [-0.39, 0.29) is 0 Å². The first-order valence-corrected chi connectivity index (χ1v) is 14.3. The van der Waals surface area contributed by atoms with Crippen molar-refractivity contribution < 1.29 is 33.3 Å². The summed E-state index contributed by atoms with van der Waals surface area (Å²) in [5, 5.41) is 1.14. The van der Waals surface area contributed by atoms with Crippen molar-refractivity contribution in [2.45, 2.75) is 0 Å². The molecule has 0 aliphatic heterocycles. The Morgan fingerprint density at radius 2 is 1.03 bits per heavy atom. The fourth-order valence-electron chi connectivity index (χ4n) is 2.16. The van der Waals surface area contributed by atoms with Crippen LogP contribution in [-0.4, -0.2) is 0 Å². The molecule has 1 aromatic heterocycles. The number of fused-ring (bicyclic) bond motifs is 1. The predicted octanol–water partition coefficient (Wildman–Crippen LogP) is 2.34. The van der Waals surface area contributed by atoms with Gasteiger partial charge in [0.2, 0.25) is 0 Å². The molecule has 29 heavy (non-hydrogen) atoms. The van der Waals surface area contributed by atoms with Gasteiger partial charge in [0.1, 0.15) is 0 Å². The van der Waals surface area contributed by atoms with Crippen molar-refractivity contribution >= 4 is 38.6 Å². The monoisotopic (exact) mass is 546 g/mol. The largest absolute Gasteiger partial charge is 0.359 e. The molecule has 5 nitrogen and oxygen atoms in total. The Morgan fingerprint density at radius 3 is 1.52 bits per heavy atom. The third kappa shape index (κ3) is 9.51. The number of benzene rings is 3. The minimum Gasteiger partial charge on any atom is -0.222 e. The molecule has 0 atom stereocenters. The van der Waals surface area contributed by atoms with E-state index in [2.05, 4.69) is 24.3 Å². The molecular formula is C21H17Cl2IO5. The minimum atomic E-state index is -4.94. The molecule has 0 unspecified atom stereocenters. The molecule has 0 saturated heterocycles. The van der Waals surface area contributed by atoms with Gasteiger partial charge >= 0.3 is 107 Å². The van der Waals surface area contributed by atoms with Gasteiger partial charge in [0.15, 0.2) is 0 Å². The Balaban J connectivity index is 0.000000175. The molecule has 8 heteroatoms. The Labute approximate surface area is 181 Å². The fourth-order valence-corrected chi connectivity index (χ4v) is 6.25. The normalized spacial score (nSPS) is 10.9. The van der Waals surface area contributed by atoms with Crippen LogP contribution < -0.4 is 18.6 Å². The van der Waals surface area contributed by atoms with E-state index in [0.717, 1.165) is 11.0 Å². The first-order chi connectivity index (χ1) is 13.8. The van der Waals surface area contributed by atoms with Gasteiger partial charge in [-0.3, -0.25) is 0 Å². The van der Waals surface area contributed by atoms with Crippen molar-refractivity contribution in [3.8, 4) is 0 Å². The van der Waals surface area contributed by atoms with E-state index >= 15 is 0 Å². The van der Waals surface area contributed by atoms with Crippen molar-refractivity contribution in [2.24, 2.45) is 0 Å². The molecule has 0 bridgehead atoms. The standard InChI is InChI=1S/C12H10ClI.C9H7O.ClHO4/c13-14(11-7-3-1-4-8-11)12-9-5-2-6-10-12;1-2-6-9-8(4-1)5-3-7-10-9;2-1(3,4)5/h1-10H;1-7H;(H,2,3,4,5)/q;+1;/p-1. The van der Waals surface area contributed by atoms with Crippen molar-refractivity contribution in [3.05, 3.63) is 110 Å². The summed E-state index contributed by atoms with van der Waals surface area (Å²) in [5.74, 6) is 0. The second-order valence-electron chi connectivity index (χ2n) is 5.36. The van der Waals surface area contributed by atoms with Crippen LogP contribution in [0.3, 0.4) is 0 Å². The third-order valence-electron chi connectivity index (χ3n) is 3.32. The number of halogens is 3. The number of hydrogen-bond acceptors (Lipinski definition) is 4. The summed E-state index contributed by atoms with van der Waals surface area (Å²) in [5.41, 5.74) is 0.935. The summed E-state index contributed by atoms with van der Waals surface area (Å²) in [6.07, 6.45) is 1.68. The van der Waals surface area contributed by atoms with Gasteiger partial charge in [-0.1, -0.05) is 12.1 Å². The molecule has 0 saturated carbocycles. The first kappa shape index (κ1) is 23.5. The summed E-state index contributed by atoms with van der Waals surface area (Å²) >= 11 is -1.63. The van der Waals surface area contributed by atoms with Gasteiger partial charge in [-0.25, -0.2) is 23.1 Å². The first-order valence-electron chi connectivity index (χ1n) is 8.18. The predicted molar refractivity (Wildman–Crippen MR) is 111 cm³/mol. The van der Waals surface area contributed by atoms with E-state index < -0.39 is 28.9 Å². The van der Waals surface area contributed by atoms with Crippen LogP contribution in [0, 0.1) is 17.4 Å². The SMILES string of the molecule is ClI(c1ccccc1)c1ccccc1.[O-][Cl+3]([O-])([O-])[O-].c1ccc2[o+]cccc2c1. The van der Waals surface area contributed by atoms with Crippen LogP contribution in [0.2, 0.25) is 0 Å². The van der Waals surface area contributed by atoms with Gasteiger partial charge in [0, 0.05) is 12.1 Å². The maximum absolute atomic E-state index is 8.49. The van der Waals surface area contributed by atoms with Crippen LogP contribution in [0.15, 0.2) is 108 Å². The zero-order valence-corrected chi connectivity index (χ0v) is 18.7. The average Bonchev–Trinajstić information content (AvgIpc) is 2.74. The van der Waals surface area contributed by atoms with Crippen LogP contribution in [0.5, 0.6) is 0 Å². The van der Waals surface area contributed by atoms with Gasteiger partial charge in [0.05, 0.1) is 5.39 Å². The zero-order chi connectivity index (χ0) is 21.1. The molecule has 4 rings (SSSR count). The van der Waals surface area contributed by atoms with E-state index in [4.69, 9.17) is 32.0 Å². The molecule has 0 spiro atoms. The Morgan fingerprint density at radius 1 is 0.621 bits per heavy atom. The van der Waals surface area contributed by atoms with Crippen molar-refractivity contribution in [1.82, 2.24) is 0 Å². The second kappa shape index (κ2) is 12.0. The van der Waals surface area contributed by atoms with Gasteiger partial charge in [-0.05, 0) is 12.1 Å². The number of para-hydroxylation sites is 1. The molecule has 0 amide bonds. The van der Waals surface area contributed by atoms with Crippen LogP contribution >= 0.6 is 27.6 Å². The van der Waals surface area contributed by atoms with E-state index in [1.807, 2.05) is 72.8 Å². The smallest absolute Gasteiger partial charge is 0.222 e. The third-order valence-corrected chi connectivity index (χ3v) is 9.16. The van der Waals surface area contributed by atoms with Gasteiger partial charge in [-0.15, -0.1) is 10.2 Å². The van der Waals surface area contributed by atoms with E-state index in [1.54, 1.807) is 6.26 Å². The summed E-state index contributed by atoms with van der Waals surface area (Å²) < 4.78 is 41.8. The quantitative estimate of drug-likeness (QED) is 0.283. The molecule has 0 N–H and O–H groups in total. The fraction of sp³-hybridized carbons (Fsp3) is 0. The Hall–Kier alpha value is -1.78. The second-order valence-corrected chi connectivity index (χ2v) is 11.9. The van der Waals surface area contributed by atoms with Gasteiger partial charge < -0.3 is 0 Å². The summed E-state index contributed by atoms with van der Waals surface area (Å²) in [6, 6.07) is 32.6. The minimum absolute atomic E-state index is 0.935. The Kier molecular flexibility index (Phi) is 9.75. The van der Waals surface area contributed by atoms with E-state index in [1.165, 1.54) is 7.14 Å². The van der Waals surface area contributed by atoms with Crippen LogP contribution in [0.25, 0.3) is 11.0 Å². The summed E-state index contributed by atoms with van der Waals surface area (Å²) in [6.45, 7) is 0. The maximum atomic E-state index is 8.49. The summed E-state index contributed by atoms with van der Waals surface area (Å²) in [4.78, 5) is 0. The molecule has 3 aromatic carbocycles. The molecule has 152 valence electrons. The maximum Gasteiger partial charge on any atom is 0.359 e. The molecule has 1 heterocycles. The molecule has 0 radical (unpaired) electrons. The average molecular weight is 547 g/mol. The van der Waals surface area contributed by atoms with Crippen molar-refractivity contribution in [3.63, 3.8) is 0 Å². The van der Waals surface area contributed by atoms with E-state index in [0.29, 0.717) is 0 Å². The number of hydrogen-bond donors (Lipinski definition) is 0. The van der Waals surface area contributed by atoms with Crippen LogP contribution in [0.4, 0.5) is 0 Å². The molecule has 4 aromatic rings. The Bertz CT molecular complexity index is 871. The van der Waals surface area contributed by atoms with Crippen molar-refractivity contribution in [1.29, 1.82) is 0 Å². The molecule has 0 fully saturated rings. The zero-order valence-electron chi connectivity index (χ0n) is 15.0. The van der Waals surface area contributed by atoms with Gasteiger partial charge in [0.25, 0.3) is 0 Å². The summed E-state index contributed by atoms with van der Waals surface area (Å²) in [7, 11) is 1.54. The topological polar surface area (TPSA) is 104 Å². The molecule has 0 aliphatic carbocycles. The molecule has 0 aliphatic rings.